The average molecular weight is 409 g/mol. The third kappa shape index (κ3) is 4.70. The zero-order valence-corrected chi connectivity index (χ0v) is 17.9. The lowest BCUT2D eigenvalue weighted by atomic mass is 9.93. The van der Waals surface area contributed by atoms with Crippen LogP contribution in [0.5, 0.6) is 5.75 Å². The van der Waals surface area contributed by atoms with Gasteiger partial charge in [0.2, 0.25) is 11.7 Å². The molecule has 6 heteroatoms. The second kappa shape index (κ2) is 9.11. The summed E-state index contributed by atoms with van der Waals surface area (Å²) in [7, 11) is 0. The number of amides is 1. The van der Waals surface area contributed by atoms with E-state index in [-0.39, 0.29) is 24.9 Å². The maximum absolute atomic E-state index is 12.5. The summed E-state index contributed by atoms with van der Waals surface area (Å²) in [6, 6.07) is 8.84. The van der Waals surface area contributed by atoms with Gasteiger partial charge in [-0.05, 0) is 86.7 Å². The number of esters is 1. The number of carbonyl (C=O) groups is 3. The smallest absolute Gasteiger partial charge is 0.344 e. The first-order chi connectivity index (χ1) is 14.3. The van der Waals surface area contributed by atoms with Gasteiger partial charge in [0.25, 0.3) is 0 Å². The summed E-state index contributed by atoms with van der Waals surface area (Å²) >= 11 is 0. The van der Waals surface area contributed by atoms with E-state index >= 15 is 0 Å². The summed E-state index contributed by atoms with van der Waals surface area (Å²) in [6.45, 7) is 7.99. The van der Waals surface area contributed by atoms with Gasteiger partial charge in [0, 0.05) is 24.2 Å². The molecule has 2 aromatic carbocycles. The first-order valence-corrected chi connectivity index (χ1v) is 10.1. The lowest BCUT2D eigenvalue weighted by Gasteiger charge is -2.16. The van der Waals surface area contributed by atoms with Crippen LogP contribution in [0.2, 0.25) is 0 Å². The van der Waals surface area contributed by atoms with E-state index in [0.717, 1.165) is 40.9 Å². The summed E-state index contributed by atoms with van der Waals surface area (Å²) in [4.78, 5) is 38.0. The molecule has 158 valence electrons. The Hall–Kier alpha value is -3.15. The topological polar surface area (TPSA) is 72.9 Å². The number of Topliss-reactive ketones (excluding diaryl/α,β-unsaturated/α-hetero) is 1. The molecule has 2 aromatic rings. The minimum atomic E-state index is -0.611. The molecule has 1 aliphatic heterocycles. The fourth-order valence-corrected chi connectivity index (χ4v) is 3.55. The van der Waals surface area contributed by atoms with Crippen molar-refractivity contribution in [1.29, 1.82) is 0 Å². The molecule has 0 saturated carbocycles. The van der Waals surface area contributed by atoms with Crippen molar-refractivity contribution in [2.45, 2.75) is 40.5 Å². The van der Waals surface area contributed by atoms with Crippen molar-refractivity contribution in [1.82, 2.24) is 0 Å². The van der Waals surface area contributed by atoms with E-state index in [1.54, 1.807) is 29.2 Å². The number of rotatable bonds is 7. The van der Waals surface area contributed by atoms with Crippen LogP contribution < -0.4 is 9.64 Å². The van der Waals surface area contributed by atoms with Crippen molar-refractivity contribution in [2.24, 2.45) is 0 Å². The highest BCUT2D eigenvalue weighted by molar-refractivity contribution is 6.00. The van der Waals surface area contributed by atoms with Gasteiger partial charge in [0.05, 0.1) is 0 Å². The molecular formula is C24H27NO5. The molecule has 3 rings (SSSR count). The SMILES string of the molecule is Cc1cc(C(=O)COC(=O)COc2ccc(N3CCCC3=O)cc2)c(C)c(C)c1C. The van der Waals surface area contributed by atoms with Crippen LogP contribution >= 0.6 is 0 Å². The molecule has 0 unspecified atom stereocenters. The van der Waals surface area contributed by atoms with Crippen LogP contribution in [0, 0.1) is 27.7 Å². The first-order valence-electron chi connectivity index (χ1n) is 10.1. The van der Waals surface area contributed by atoms with Crippen molar-refractivity contribution in [3.05, 3.63) is 58.1 Å². The van der Waals surface area contributed by atoms with Gasteiger partial charge in [-0.25, -0.2) is 4.79 Å². The van der Waals surface area contributed by atoms with Gasteiger partial charge in [0.1, 0.15) is 5.75 Å². The van der Waals surface area contributed by atoms with Gasteiger partial charge < -0.3 is 14.4 Å². The highest BCUT2D eigenvalue weighted by Gasteiger charge is 2.21. The summed E-state index contributed by atoms with van der Waals surface area (Å²) in [5.74, 6) is -0.229. The molecule has 1 amide bonds. The maximum Gasteiger partial charge on any atom is 0.344 e. The molecule has 6 nitrogen and oxygen atoms in total. The van der Waals surface area contributed by atoms with Crippen LogP contribution in [-0.2, 0) is 14.3 Å². The standard InChI is InChI=1S/C24H27NO5/c1-15-12-21(18(4)17(3)16(15)2)22(26)13-30-24(28)14-29-20-9-7-19(8-10-20)25-11-5-6-23(25)27/h7-10,12H,5-6,11,13-14H2,1-4H3. The number of ether oxygens (including phenoxy) is 2. The van der Waals surface area contributed by atoms with Crippen LogP contribution in [0.4, 0.5) is 5.69 Å². The second-order valence-corrected chi connectivity index (χ2v) is 7.63. The minimum Gasteiger partial charge on any atom is -0.482 e. The molecule has 0 radical (unpaired) electrons. The average Bonchev–Trinajstić information content (AvgIpc) is 3.17. The Kier molecular flexibility index (Phi) is 6.55. The van der Waals surface area contributed by atoms with Crippen molar-refractivity contribution in [3.63, 3.8) is 0 Å². The molecule has 0 aliphatic carbocycles. The molecular weight excluding hydrogens is 382 g/mol. The van der Waals surface area contributed by atoms with Crippen molar-refractivity contribution < 1.29 is 23.9 Å². The van der Waals surface area contributed by atoms with Gasteiger partial charge in [0.15, 0.2) is 13.2 Å². The van der Waals surface area contributed by atoms with Crippen LogP contribution in [-0.4, -0.2) is 37.4 Å². The molecule has 0 N–H and O–H groups in total. The Balaban J connectivity index is 1.50. The fraction of sp³-hybridized carbons (Fsp3) is 0.375. The van der Waals surface area contributed by atoms with Crippen LogP contribution in [0.25, 0.3) is 0 Å². The number of anilines is 1. The Morgan fingerprint density at radius 1 is 0.967 bits per heavy atom. The zero-order chi connectivity index (χ0) is 21.8. The first kappa shape index (κ1) is 21.6. The molecule has 1 fully saturated rings. The van der Waals surface area contributed by atoms with E-state index in [1.165, 1.54) is 0 Å². The minimum absolute atomic E-state index is 0.117. The second-order valence-electron chi connectivity index (χ2n) is 7.63. The van der Waals surface area contributed by atoms with E-state index in [9.17, 15) is 14.4 Å². The van der Waals surface area contributed by atoms with E-state index < -0.39 is 5.97 Å². The van der Waals surface area contributed by atoms with Gasteiger partial charge in [-0.3, -0.25) is 9.59 Å². The van der Waals surface area contributed by atoms with Crippen molar-refractivity contribution in [3.8, 4) is 5.75 Å². The fourth-order valence-electron chi connectivity index (χ4n) is 3.55. The number of nitrogens with zero attached hydrogens (tertiary/aromatic N) is 1. The number of aryl methyl sites for hydroxylation is 1. The lowest BCUT2D eigenvalue weighted by molar-refractivity contribution is -0.144. The van der Waals surface area contributed by atoms with Gasteiger partial charge in [-0.15, -0.1) is 0 Å². The van der Waals surface area contributed by atoms with Crippen LogP contribution in [0.15, 0.2) is 30.3 Å². The predicted molar refractivity (Wildman–Crippen MR) is 114 cm³/mol. The number of hydrogen-bond acceptors (Lipinski definition) is 5. The Morgan fingerprint density at radius 3 is 2.30 bits per heavy atom. The number of ketones is 1. The normalized spacial score (nSPS) is 13.5. The van der Waals surface area contributed by atoms with E-state index in [1.807, 2.05) is 33.8 Å². The van der Waals surface area contributed by atoms with Crippen molar-refractivity contribution >= 4 is 23.3 Å². The third-order valence-electron chi connectivity index (χ3n) is 5.72. The predicted octanol–water partition coefficient (Wildman–Crippen LogP) is 3.85. The molecule has 30 heavy (non-hydrogen) atoms. The lowest BCUT2D eigenvalue weighted by Crippen LogP contribution is -2.23. The number of carbonyl (C=O) groups excluding carboxylic acids is 3. The highest BCUT2D eigenvalue weighted by Crippen LogP contribution is 2.24. The van der Waals surface area contributed by atoms with Gasteiger partial charge in [-0.1, -0.05) is 0 Å². The number of hydrogen-bond donors (Lipinski definition) is 0. The molecule has 1 heterocycles. The van der Waals surface area contributed by atoms with E-state index in [2.05, 4.69) is 0 Å². The maximum atomic E-state index is 12.5. The number of benzene rings is 2. The van der Waals surface area contributed by atoms with Crippen molar-refractivity contribution in [2.75, 3.05) is 24.7 Å². The largest absolute Gasteiger partial charge is 0.482 e. The Morgan fingerprint density at radius 2 is 1.67 bits per heavy atom. The summed E-state index contributed by atoms with van der Waals surface area (Å²) in [5.41, 5.74) is 5.58. The molecule has 0 aromatic heterocycles. The van der Waals surface area contributed by atoms with E-state index in [0.29, 0.717) is 17.7 Å². The monoisotopic (exact) mass is 409 g/mol. The zero-order valence-electron chi connectivity index (χ0n) is 17.9. The molecule has 1 saturated heterocycles. The highest BCUT2D eigenvalue weighted by atomic mass is 16.6. The molecule has 0 spiro atoms. The summed E-state index contributed by atoms with van der Waals surface area (Å²) in [6.07, 6.45) is 1.44. The van der Waals surface area contributed by atoms with Crippen LogP contribution in [0.1, 0.15) is 45.5 Å². The van der Waals surface area contributed by atoms with E-state index in [4.69, 9.17) is 9.47 Å². The Bertz CT molecular complexity index is 978. The van der Waals surface area contributed by atoms with Gasteiger partial charge >= 0.3 is 5.97 Å². The molecule has 0 atom stereocenters. The summed E-state index contributed by atoms with van der Waals surface area (Å²) in [5, 5.41) is 0. The van der Waals surface area contributed by atoms with Crippen LogP contribution in [0.3, 0.4) is 0 Å². The Labute approximate surface area is 176 Å². The molecule has 1 aliphatic rings. The van der Waals surface area contributed by atoms with Gasteiger partial charge in [-0.2, -0.15) is 0 Å². The quantitative estimate of drug-likeness (QED) is 0.513. The third-order valence-corrected chi connectivity index (χ3v) is 5.72. The summed E-state index contributed by atoms with van der Waals surface area (Å²) < 4.78 is 10.5. The molecule has 0 bridgehead atoms.